The molecule has 0 aliphatic carbocycles. The molecule has 2 N–H and O–H groups in total. The Balaban J connectivity index is 2.11. The molecule has 1 saturated heterocycles. The van der Waals surface area contributed by atoms with Crippen molar-refractivity contribution in [2.75, 3.05) is 18.0 Å². The van der Waals surface area contributed by atoms with Crippen LogP contribution in [0.3, 0.4) is 0 Å². The van der Waals surface area contributed by atoms with Crippen molar-refractivity contribution < 1.29 is 5.11 Å². The van der Waals surface area contributed by atoms with Gasteiger partial charge < -0.3 is 10.0 Å². The highest BCUT2D eigenvalue weighted by Gasteiger charge is 2.20. The zero-order chi connectivity index (χ0) is 9.26. The molecule has 2 heterocycles. The van der Waals surface area contributed by atoms with Crippen LogP contribution in [0.4, 0.5) is 5.82 Å². The molecule has 0 bridgehead atoms. The molecule has 2 rings (SSSR count). The summed E-state index contributed by atoms with van der Waals surface area (Å²) in [6.45, 7) is 1.43. The summed E-state index contributed by atoms with van der Waals surface area (Å²) in [7, 11) is 0. The second-order valence-corrected chi connectivity index (χ2v) is 3.72. The molecule has 0 atom stereocenters. The van der Waals surface area contributed by atoms with E-state index in [0.717, 1.165) is 24.6 Å². The fraction of sp³-hybridized carbons (Fsp3) is 0.714. The van der Waals surface area contributed by atoms with Gasteiger partial charge in [0.2, 0.25) is 5.82 Å². The van der Waals surface area contributed by atoms with Gasteiger partial charge in [-0.05, 0) is 12.8 Å². The molecule has 0 aromatic carbocycles. The molecule has 6 heteroatoms. The lowest BCUT2D eigenvalue weighted by molar-refractivity contribution is 0.145. The lowest BCUT2D eigenvalue weighted by atomic mass is 10.1. The number of hydrogen-bond acceptors (Lipinski definition) is 5. The molecule has 0 saturated carbocycles. The molecule has 1 aromatic rings. The van der Waals surface area contributed by atoms with Gasteiger partial charge in [0.15, 0.2) is 0 Å². The third-order valence-corrected chi connectivity index (χ3v) is 2.78. The van der Waals surface area contributed by atoms with Gasteiger partial charge in [-0.15, -0.1) is 0 Å². The van der Waals surface area contributed by atoms with Crippen molar-refractivity contribution >= 4 is 17.5 Å². The average Bonchev–Trinajstić information content (AvgIpc) is 2.53. The van der Waals surface area contributed by atoms with Crippen LogP contribution in [0.2, 0.25) is 0 Å². The van der Waals surface area contributed by atoms with E-state index in [1.54, 1.807) is 0 Å². The van der Waals surface area contributed by atoms with Crippen LogP contribution in [-0.2, 0) is 0 Å². The summed E-state index contributed by atoms with van der Waals surface area (Å²) in [5.41, 5.74) is -0.124. The second kappa shape index (κ2) is 3.47. The summed E-state index contributed by atoms with van der Waals surface area (Å²) in [5, 5.41) is 9.26. The maximum atomic E-state index is 11.2. The number of aromatic nitrogens is 2. The quantitative estimate of drug-likeness (QED) is 0.660. The third-order valence-electron chi connectivity index (χ3n) is 2.24. The summed E-state index contributed by atoms with van der Waals surface area (Å²) < 4.78 is 6.53. The standard InChI is InChI=1S/C7H11N3O2S/c11-5-1-3-10(4-2-5)6-7(12)9-13-8-6/h5,11H,1-4H2,(H,9,12). The van der Waals surface area contributed by atoms with Crippen LogP contribution in [0.1, 0.15) is 12.8 Å². The van der Waals surface area contributed by atoms with Gasteiger partial charge in [0, 0.05) is 24.8 Å². The minimum absolute atomic E-state index is 0.124. The zero-order valence-electron chi connectivity index (χ0n) is 7.06. The first kappa shape index (κ1) is 8.71. The van der Waals surface area contributed by atoms with Crippen LogP contribution in [0.5, 0.6) is 0 Å². The Kier molecular flexibility index (Phi) is 2.32. The van der Waals surface area contributed by atoms with E-state index in [9.17, 15) is 9.90 Å². The normalized spacial score (nSPS) is 19.3. The summed E-state index contributed by atoms with van der Waals surface area (Å²) in [6.07, 6.45) is 1.22. The van der Waals surface area contributed by atoms with E-state index >= 15 is 0 Å². The Bertz CT molecular complexity index is 326. The molecule has 1 aromatic heterocycles. The Hall–Kier alpha value is -0.880. The summed E-state index contributed by atoms with van der Waals surface area (Å²) in [6, 6.07) is 0. The number of hydrogen-bond donors (Lipinski definition) is 2. The fourth-order valence-corrected chi connectivity index (χ4v) is 1.98. The average molecular weight is 201 g/mol. The number of nitrogens with zero attached hydrogens (tertiary/aromatic N) is 2. The minimum atomic E-state index is -0.214. The van der Waals surface area contributed by atoms with Crippen molar-refractivity contribution in [3.63, 3.8) is 0 Å². The van der Waals surface area contributed by atoms with Crippen LogP contribution in [0.25, 0.3) is 0 Å². The zero-order valence-corrected chi connectivity index (χ0v) is 7.88. The molecule has 0 unspecified atom stereocenters. The number of H-pyrrole nitrogens is 1. The van der Waals surface area contributed by atoms with E-state index in [1.165, 1.54) is 0 Å². The van der Waals surface area contributed by atoms with Crippen LogP contribution in [-0.4, -0.2) is 33.0 Å². The van der Waals surface area contributed by atoms with E-state index in [-0.39, 0.29) is 11.7 Å². The van der Waals surface area contributed by atoms with Gasteiger partial charge in [0.05, 0.1) is 6.10 Å². The van der Waals surface area contributed by atoms with Gasteiger partial charge in [-0.1, -0.05) is 0 Å². The molecule has 0 amide bonds. The van der Waals surface area contributed by atoms with Gasteiger partial charge in [-0.25, -0.2) is 0 Å². The largest absolute Gasteiger partial charge is 0.393 e. The topological polar surface area (TPSA) is 69.2 Å². The summed E-state index contributed by atoms with van der Waals surface area (Å²) in [5.74, 6) is 0.497. The number of piperidine rings is 1. The number of aliphatic hydroxyl groups is 1. The number of rotatable bonds is 1. The summed E-state index contributed by atoms with van der Waals surface area (Å²) >= 11 is 1.07. The molecule has 0 radical (unpaired) electrons. The Morgan fingerprint density at radius 2 is 2.23 bits per heavy atom. The Morgan fingerprint density at radius 3 is 2.77 bits per heavy atom. The highest BCUT2D eigenvalue weighted by atomic mass is 32.1. The fourth-order valence-electron chi connectivity index (χ4n) is 1.47. The van der Waals surface area contributed by atoms with E-state index in [4.69, 9.17) is 0 Å². The van der Waals surface area contributed by atoms with Gasteiger partial charge >= 0.3 is 5.56 Å². The Morgan fingerprint density at radius 1 is 1.54 bits per heavy atom. The lowest BCUT2D eigenvalue weighted by Crippen LogP contribution is -2.38. The first-order valence-corrected chi connectivity index (χ1v) is 5.02. The molecule has 0 spiro atoms. The second-order valence-electron chi connectivity index (χ2n) is 3.16. The lowest BCUT2D eigenvalue weighted by Gasteiger charge is -2.28. The molecule has 1 fully saturated rings. The van der Waals surface area contributed by atoms with Crippen molar-refractivity contribution in [2.45, 2.75) is 18.9 Å². The van der Waals surface area contributed by atoms with Crippen LogP contribution in [0, 0.1) is 0 Å². The first-order chi connectivity index (χ1) is 6.27. The van der Waals surface area contributed by atoms with Crippen LogP contribution < -0.4 is 10.5 Å². The van der Waals surface area contributed by atoms with Gasteiger partial charge in [0.25, 0.3) is 0 Å². The van der Waals surface area contributed by atoms with Crippen molar-refractivity contribution in [3.8, 4) is 0 Å². The first-order valence-electron chi connectivity index (χ1n) is 4.25. The SMILES string of the molecule is O=c1[nH]snc1N1CCC(O)CC1. The van der Waals surface area contributed by atoms with Crippen molar-refractivity contribution in [1.29, 1.82) is 0 Å². The maximum Gasteiger partial charge on any atom is 0.302 e. The number of anilines is 1. The summed E-state index contributed by atoms with van der Waals surface area (Å²) in [4.78, 5) is 13.1. The van der Waals surface area contributed by atoms with Gasteiger partial charge in [-0.3, -0.25) is 9.17 Å². The predicted octanol–water partition coefficient (Wildman–Crippen LogP) is -0.208. The highest BCUT2D eigenvalue weighted by Crippen LogP contribution is 2.14. The smallest absolute Gasteiger partial charge is 0.302 e. The molecule has 72 valence electrons. The Labute approximate surface area is 79.3 Å². The van der Waals surface area contributed by atoms with Crippen LogP contribution >= 0.6 is 11.7 Å². The van der Waals surface area contributed by atoms with Gasteiger partial charge in [0.1, 0.15) is 0 Å². The molecule has 5 nitrogen and oxygen atoms in total. The highest BCUT2D eigenvalue weighted by molar-refractivity contribution is 6.99. The minimum Gasteiger partial charge on any atom is -0.393 e. The molecule has 13 heavy (non-hydrogen) atoms. The molecule has 1 aliphatic heterocycles. The number of aliphatic hydroxyl groups excluding tert-OH is 1. The van der Waals surface area contributed by atoms with E-state index in [0.29, 0.717) is 18.9 Å². The van der Waals surface area contributed by atoms with Crippen molar-refractivity contribution in [1.82, 2.24) is 8.75 Å². The number of aromatic amines is 1. The molecular weight excluding hydrogens is 190 g/mol. The molecular formula is C7H11N3O2S. The van der Waals surface area contributed by atoms with Crippen molar-refractivity contribution in [2.24, 2.45) is 0 Å². The number of nitrogens with one attached hydrogen (secondary N) is 1. The van der Waals surface area contributed by atoms with E-state index in [1.807, 2.05) is 4.90 Å². The molecule has 1 aliphatic rings. The third kappa shape index (κ3) is 1.73. The van der Waals surface area contributed by atoms with Crippen molar-refractivity contribution in [3.05, 3.63) is 10.4 Å². The van der Waals surface area contributed by atoms with E-state index < -0.39 is 0 Å². The van der Waals surface area contributed by atoms with Gasteiger partial charge in [-0.2, -0.15) is 4.37 Å². The predicted molar refractivity (Wildman–Crippen MR) is 50.2 cm³/mol. The monoisotopic (exact) mass is 201 g/mol. The maximum absolute atomic E-state index is 11.2. The van der Waals surface area contributed by atoms with E-state index in [2.05, 4.69) is 8.75 Å². The van der Waals surface area contributed by atoms with Crippen LogP contribution in [0.15, 0.2) is 4.79 Å².